The lowest BCUT2D eigenvalue weighted by atomic mass is 10.3. The van der Waals surface area contributed by atoms with Crippen LogP contribution in [0, 0.1) is 21.7 Å². The molecule has 0 radical (unpaired) electrons. The van der Waals surface area contributed by atoms with Gasteiger partial charge in [0.2, 0.25) is 11.6 Å². The molecule has 0 atom stereocenters. The Morgan fingerprint density at radius 1 is 1.25 bits per heavy atom. The van der Waals surface area contributed by atoms with E-state index in [2.05, 4.69) is 15.3 Å². The standard InChI is InChI=1S/C14H13F2N5O3/c15-9-1-2-11(10(16)7-9)19-13-12(21(22)23)14(18-8-17-13)20-3-5-24-6-4-20/h1-2,7-8H,3-6H2,(H,17,18,19). The predicted molar refractivity (Wildman–Crippen MR) is 81.4 cm³/mol. The maximum absolute atomic E-state index is 13.8. The molecule has 0 amide bonds. The summed E-state index contributed by atoms with van der Waals surface area (Å²) in [6.45, 7) is 1.75. The van der Waals surface area contributed by atoms with Crippen LogP contribution in [0.1, 0.15) is 0 Å². The molecule has 0 unspecified atom stereocenters. The molecule has 2 aromatic rings. The van der Waals surface area contributed by atoms with E-state index in [4.69, 9.17) is 4.74 Å². The number of hydrogen-bond acceptors (Lipinski definition) is 7. The molecule has 8 nitrogen and oxygen atoms in total. The second-order valence-corrected chi connectivity index (χ2v) is 5.00. The van der Waals surface area contributed by atoms with Crippen molar-refractivity contribution in [2.24, 2.45) is 0 Å². The molecule has 1 aromatic carbocycles. The molecule has 10 heteroatoms. The quantitative estimate of drug-likeness (QED) is 0.675. The molecule has 0 saturated carbocycles. The number of ether oxygens (including phenoxy) is 1. The number of nitrogens with one attached hydrogen (secondary N) is 1. The fourth-order valence-corrected chi connectivity index (χ4v) is 2.35. The molecule has 1 N–H and O–H groups in total. The van der Waals surface area contributed by atoms with Crippen LogP contribution < -0.4 is 10.2 Å². The van der Waals surface area contributed by atoms with Crippen LogP contribution in [-0.2, 0) is 4.74 Å². The summed E-state index contributed by atoms with van der Waals surface area (Å²) in [5.41, 5.74) is -0.491. The minimum absolute atomic E-state index is 0.119. The van der Waals surface area contributed by atoms with E-state index in [-0.39, 0.29) is 23.0 Å². The maximum atomic E-state index is 13.8. The summed E-state index contributed by atoms with van der Waals surface area (Å²) in [4.78, 5) is 20.4. The number of hydrogen-bond donors (Lipinski definition) is 1. The van der Waals surface area contributed by atoms with E-state index in [0.29, 0.717) is 32.4 Å². The zero-order valence-electron chi connectivity index (χ0n) is 12.4. The summed E-state index contributed by atoms with van der Waals surface area (Å²) in [5.74, 6) is -1.66. The number of nitro groups is 1. The first-order valence-electron chi connectivity index (χ1n) is 7.10. The van der Waals surface area contributed by atoms with Crippen LogP contribution in [0.25, 0.3) is 0 Å². The normalized spacial score (nSPS) is 14.5. The van der Waals surface area contributed by atoms with Gasteiger partial charge in [0.15, 0.2) is 0 Å². The van der Waals surface area contributed by atoms with Crippen molar-refractivity contribution in [3.8, 4) is 0 Å². The smallest absolute Gasteiger partial charge is 0.353 e. The summed E-state index contributed by atoms with van der Waals surface area (Å²) in [6, 6.07) is 2.87. The molecule has 126 valence electrons. The zero-order valence-corrected chi connectivity index (χ0v) is 12.4. The molecule has 1 aliphatic rings. The van der Waals surface area contributed by atoms with Gasteiger partial charge in [0, 0.05) is 19.2 Å². The van der Waals surface area contributed by atoms with Crippen LogP contribution in [-0.4, -0.2) is 41.2 Å². The molecular formula is C14H13F2N5O3. The fourth-order valence-electron chi connectivity index (χ4n) is 2.35. The summed E-state index contributed by atoms with van der Waals surface area (Å²) >= 11 is 0. The van der Waals surface area contributed by atoms with Gasteiger partial charge in [0.25, 0.3) is 0 Å². The topological polar surface area (TPSA) is 93.4 Å². The van der Waals surface area contributed by atoms with Crippen molar-refractivity contribution < 1.29 is 18.4 Å². The van der Waals surface area contributed by atoms with Gasteiger partial charge >= 0.3 is 5.69 Å². The van der Waals surface area contributed by atoms with Crippen LogP contribution in [0.4, 0.5) is 31.8 Å². The lowest BCUT2D eigenvalue weighted by molar-refractivity contribution is -0.383. The molecular weight excluding hydrogens is 324 g/mol. The Hall–Kier alpha value is -2.88. The number of anilines is 3. The van der Waals surface area contributed by atoms with E-state index >= 15 is 0 Å². The molecule has 0 spiro atoms. The number of aromatic nitrogens is 2. The Kier molecular flexibility index (Phi) is 4.47. The lowest BCUT2D eigenvalue weighted by Gasteiger charge is -2.27. The van der Waals surface area contributed by atoms with Crippen molar-refractivity contribution in [3.63, 3.8) is 0 Å². The first kappa shape index (κ1) is 16.0. The molecule has 2 heterocycles. The van der Waals surface area contributed by atoms with Crippen LogP contribution in [0.5, 0.6) is 0 Å². The minimum atomic E-state index is -0.879. The van der Waals surface area contributed by atoms with Gasteiger partial charge < -0.3 is 15.0 Å². The van der Waals surface area contributed by atoms with E-state index in [1.54, 1.807) is 4.90 Å². The van der Waals surface area contributed by atoms with Gasteiger partial charge in [-0.2, -0.15) is 0 Å². The van der Waals surface area contributed by atoms with Crippen molar-refractivity contribution in [1.82, 2.24) is 9.97 Å². The first-order chi connectivity index (χ1) is 11.6. The highest BCUT2D eigenvalue weighted by atomic mass is 19.1. The van der Waals surface area contributed by atoms with Crippen molar-refractivity contribution in [3.05, 3.63) is 46.3 Å². The van der Waals surface area contributed by atoms with Crippen molar-refractivity contribution in [2.75, 3.05) is 36.5 Å². The van der Waals surface area contributed by atoms with E-state index < -0.39 is 16.6 Å². The van der Waals surface area contributed by atoms with Gasteiger partial charge in [-0.15, -0.1) is 0 Å². The summed E-state index contributed by atoms with van der Waals surface area (Å²) < 4.78 is 32.0. The van der Waals surface area contributed by atoms with E-state index in [9.17, 15) is 18.9 Å². The Labute approximate surface area is 135 Å². The van der Waals surface area contributed by atoms with Gasteiger partial charge in [-0.05, 0) is 12.1 Å². The molecule has 1 fully saturated rings. The van der Waals surface area contributed by atoms with Crippen LogP contribution in [0.3, 0.4) is 0 Å². The Bertz CT molecular complexity index is 768. The number of halogens is 2. The van der Waals surface area contributed by atoms with Gasteiger partial charge in [-0.3, -0.25) is 10.1 Å². The third-order valence-electron chi connectivity index (χ3n) is 3.48. The molecule has 0 bridgehead atoms. The number of benzene rings is 1. The second kappa shape index (κ2) is 6.71. The third kappa shape index (κ3) is 3.23. The second-order valence-electron chi connectivity index (χ2n) is 5.00. The SMILES string of the molecule is O=[N+]([O-])c1c(Nc2ccc(F)cc2F)ncnc1N1CCOCC1. The summed E-state index contributed by atoms with van der Waals surface area (Å²) in [5, 5.41) is 14.0. The van der Waals surface area contributed by atoms with E-state index in [1.165, 1.54) is 0 Å². The van der Waals surface area contributed by atoms with Crippen molar-refractivity contribution in [1.29, 1.82) is 0 Å². The summed E-state index contributed by atoms with van der Waals surface area (Å²) in [6.07, 6.45) is 1.15. The summed E-state index contributed by atoms with van der Waals surface area (Å²) in [7, 11) is 0. The Morgan fingerprint density at radius 2 is 2.00 bits per heavy atom. The highest BCUT2D eigenvalue weighted by Crippen LogP contribution is 2.34. The number of rotatable bonds is 4. The number of nitrogens with zero attached hydrogens (tertiary/aromatic N) is 4. The molecule has 1 saturated heterocycles. The van der Waals surface area contributed by atoms with Gasteiger partial charge in [0.05, 0.1) is 23.8 Å². The molecule has 1 aliphatic heterocycles. The predicted octanol–water partition coefficient (Wildman–Crippen LogP) is 2.24. The highest BCUT2D eigenvalue weighted by molar-refractivity contribution is 5.74. The van der Waals surface area contributed by atoms with Crippen LogP contribution >= 0.6 is 0 Å². The molecule has 1 aromatic heterocycles. The van der Waals surface area contributed by atoms with Gasteiger partial charge in [-0.1, -0.05) is 0 Å². The Morgan fingerprint density at radius 3 is 2.67 bits per heavy atom. The first-order valence-corrected chi connectivity index (χ1v) is 7.10. The monoisotopic (exact) mass is 337 g/mol. The largest absolute Gasteiger partial charge is 0.378 e. The maximum Gasteiger partial charge on any atom is 0.353 e. The Balaban J connectivity index is 1.99. The van der Waals surface area contributed by atoms with Crippen LogP contribution in [0.2, 0.25) is 0 Å². The number of morpholine rings is 1. The lowest BCUT2D eigenvalue weighted by Crippen LogP contribution is -2.37. The molecule has 24 heavy (non-hydrogen) atoms. The average Bonchev–Trinajstić information content (AvgIpc) is 2.58. The van der Waals surface area contributed by atoms with Gasteiger partial charge in [-0.25, -0.2) is 18.7 Å². The fraction of sp³-hybridized carbons (Fsp3) is 0.286. The van der Waals surface area contributed by atoms with Gasteiger partial charge in [0.1, 0.15) is 18.0 Å². The average molecular weight is 337 g/mol. The molecule has 0 aliphatic carbocycles. The molecule has 3 rings (SSSR count). The van der Waals surface area contributed by atoms with Crippen LogP contribution in [0.15, 0.2) is 24.5 Å². The van der Waals surface area contributed by atoms with E-state index in [0.717, 1.165) is 18.5 Å². The minimum Gasteiger partial charge on any atom is -0.378 e. The van der Waals surface area contributed by atoms with Crippen molar-refractivity contribution in [2.45, 2.75) is 0 Å². The highest BCUT2D eigenvalue weighted by Gasteiger charge is 2.28. The zero-order chi connectivity index (χ0) is 17.1. The van der Waals surface area contributed by atoms with E-state index in [1.807, 2.05) is 0 Å². The third-order valence-corrected chi connectivity index (χ3v) is 3.48. The van der Waals surface area contributed by atoms with Crippen molar-refractivity contribution >= 4 is 23.0 Å².